The number of thiophene rings is 1. The summed E-state index contributed by atoms with van der Waals surface area (Å²) < 4.78 is 2.08. The molecule has 0 spiro atoms. The van der Waals surface area contributed by atoms with Gasteiger partial charge in [-0.25, -0.2) is 0 Å². The van der Waals surface area contributed by atoms with Crippen molar-refractivity contribution < 1.29 is 4.79 Å². The van der Waals surface area contributed by atoms with Crippen LogP contribution in [0.5, 0.6) is 0 Å². The van der Waals surface area contributed by atoms with Gasteiger partial charge >= 0.3 is 0 Å². The van der Waals surface area contributed by atoms with Gasteiger partial charge in [0.25, 0.3) is 0 Å². The summed E-state index contributed by atoms with van der Waals surface area (Å²) in [6.07, 6.45) is 2.04. The Morgan fingerprint density at radius 3 is 2.70 bits per heavy atom. The van der Waals surface area contributed by atoms with Crippen molar-refractivity contribution in [1.29, 1.82) is 0 Å². The number of benzene rings is 1. The molecule has 1 aromatic carbocycles. The highest BCUT2D eigenvalue weighted by molar-refractivity contribution is 7.16. The van der Waals surface area contributed by atoms with Crippen LogP contribution in [0.15, 0.2) is 30.5 Å². The van der Waals surface area contributed by atoms with Gasteiger partial charge in [0.2, 0.25) is 5.91 Å². The fraction of sp³-hybridized carbons (Fsp3) is 0.188. The number of carbonyl (C=O) groups is 1. The maximum atomic E-state index is 11.7. The highest BCUT2D eigenvalue weighted by atomic mass is 32.1. The fourth-order valence-electron chi connectivity index (χ4n) is 2.55. The lowest BCUT2D eigenvalue weighted by Gasteiger charge is -2.03. The lowest BCUT2D eigenvalue weighted by molar-refractivity contribution is 0.100. The average molecular weight is 284 g/mol. The second-order valence-electron chi connectivity index (χ2n) is 5.05. The van der Waals surface area contributed by atoms with Gasteiger partial charge in [0, 0.05) is 33.9 Å². The van der Waals surface area contributed by atoms with Crippen LogP contribution in [0.25, 0.3) is 21.3 Å². The molecule has 2 heterocycles. The van der Waals surface area contributed by atoms with E-state index >= 15 is 0 Å². The molecule has 1 amide bonds. The highest BCUT2D eigenvalue weighted by Crippen LogP contribution is 2.37. The molecule has 2 aromatic heterocycles. The summed E-state index contributed by atoms with van der Waals surface area (Å²) in [5.41, 5.74) is 9.43. The third-order valence-electron chi connectivity index (χ3n) is 3.78. The molecule has 0 aliphatic heterocycles. The van der Waals surface area contributed by atoms with E-state index in [0.29, 0.717) is 5.56 Å². The van der Waals surface area contributed by atoms with Gasteiger partial charge in [-0.2, -0.15) is 0 Å². The van der Waals surface area contributed by atoms with E-state index in [1.54, 1.807) is 11.3 Å². The van der Waals surface area contributed by atoms with E-state index in [1.165, 1.54) is 10.9 Å². The quantitative estimate of drug-likeness (QED) is 0.767. The number of hydrogen-bond donors (Lipinski definition) is 1. The zero-order chi connectivity index (χ0) is 14.4. The summed E-state index contributed by atoms with van der Waals surface area (Å²) in [7, 11) is 2.02. The second kappa shape index (κ2) is 4.49. The Morgan fingerprint density at radius 1 is 1.25 bits per heavy atom. The highest BCUT2D eigenvalue weighted by Gasteiger charge is 2.18. The van der Waals surface area contributed by atoms with Crippen molar-refractivity contribution in [3.8, 4) is 10.4 Å². The largest absolute Gasteiger partial charge is 0.366 e. The Morgan fingerprint density at radius 2 is 2.00 bits per heavy atom. The summed E-state index contributed by atoms with van der Waals surface area (Å²) in [4.78, 5) is 13.8. The molecule has 0 unspecified atom stereocenters. The van der Waals surface area contributed by atoms with Crippen molar-refractivity contribution in [2.24, 2.45) is 12.8 Å². The van der Waals surface area contributed by atoms with Crippen molar-refractivity contribution in [3.05, 3.63) is 46.5 Å². The minimum Gasteiger partial charge on any atom is -0.366 e. The summed E-state index contributed by atoms with van der Waals surface area (Å²) in [6, 6.07) is 8.34. The van der Waals surface area contributed by atoms with Gasteiger partial charge in [0.15, 0.2) is 0 Å². The van der Waals surface area contributed by atoms with Gasteiger partial charge in [0.05, 0.1) is 5.56 Å². The van der Waals surface area contributed by atoms with Crippen LogP contribution < -0.4 is 5.73 Å². The third-order valence-corrected chi connectivity index (χ3v) is 5.04. The van der Waals surface area contributed by atoms with Crippen LogP contribution in [0.3, 0.4) is 0 Å². The predicted molar refractivity (Wildman–Crippen MR) is 84.2 cm³/mol. The monoisotopic (exact) mass is 284 g/mol. The van der Waals surface area contributed by atoms with Crippen molar-refractivity contribution in [2.75, 3.05) is 0 Å². The summed E-state index contributed by atoms with van der Waals surface area (Å²) in [5, 5.41) is 1.17. The van der Waals surface area contributed by atoms with Crippen LogP contribution in [-0.2, 0) is 7.05 Å². The summed E-state index contributed by atoms with van der Waals surface area (Å²) in [6.45, 7) is 3.98. The Bertz CT molecular complexity index is 826. The van der Waals surface area contributed by atoms with Crippen LogP contribution in [0, 0.1) is 13.8 Å². The van der Waals surface area contributed by atoms with Crippen molar-refractivity contribution in [2.45, 2.75) is 13.8 Å². The molecule has 0 fully saturated rings. The number of carbonyl (C=O) groups excluding carboxylic acids is 1. The van der Waals surface area contributed by atoms with Crippen LogP contribution in [0.2, 0.25) is 0 Å². The van der Waals surface area contributed by atoms with Crippen molar-refractivity contribution >= 4 is 28.1 Å². The van der Waals surface area contributed by atoms with E-state index in [0.717, 1.165) is 20.9 Å². The molecular weight excluding hydrogens is 268 g/mol. The van der Waals surface area contributed by atoms with Crippen LogP contribution in [0.4, 0.5) is 0 Å². The normalized spacial score (nSPS) is 11.2. The van der Waals surface area contributed by atoms with Gasteiger partial charge in [-0.3, -0.25) is 4.79 Å². The Balaban J connectivity index is 2.25. The number of rotatable bonds is 2. The number of nitrogens with two attached hydrogens (primary N) is 1. The second-order valence-corrected chi connectivity index (χ2v) is 6.28. The fourth-order valence-corrected chi connectivity index (χ4v) is 3.71. The molecule has 4 heteroatoms. The Labute approximate surface area is 121 Å². The van der Waals surface area contributed by atoms with Crippen LogP contribution >= 0.6 is 11.3 Å². The SMILES string of the molecule is Cc1sc(-c2ccc3c(ccn3C)c2)c(C(N)=O)c1C. The number of fused-ring (bicyclic) bond motifs is 1. The first-order chi connectivity index (χ1) is 9.49. The van der Waals surface area contributed by atoms with E-state index in [1.807, 2.05) is 27.1 Å². The molecule has 20 heavy (non-hydrogen) atoms. The zero-order valence-corrected chi connectivity index (χ0v) is 12.5. The molecule has 2 N–H and O–H groups in total. The van der Waals surface area contributed by atoms with Crippen LogP contribution in [0.1, 0.15) is 20.8 Å². The molecule has 3 rings (SSSR count). The first kappa shape index (κ1) is 12.9. The molecule has 0 atom stereocenters. The lowest BCUT2D eigenvalue weighted by atomic mass is 10.0. The Hall–Kier alpha value is -2.07. The number of aromatic nitrogens is 1. The van der Waals surface area contributed by atoms with E-state index in [4.69, 9.17) is 5.73 Å². The van der Waals surface area contributed by atoms with Crippen LogP contribution in [-0.4, -0.2) is 10.5 Å². The van der Waals surface area contributed by atoms with Gasteiger partial charge in [-0.15, -0.1) is 11.3 Å². The smallest absolute Gasteiger partial charge is 0.250 e. The third kappa shape index (κ3) is 1.84. The first-order valence-corrected chi connectivity index (χ1v) is 7.26. The molecule has 3 aromatic rings. The molecule has 0 aliphatic rings. The predicted octanol–water partition coefficient (Wildman–Crippen LogP) is 3.62. The van der Waals surface area contributed by atoms with Gasteiger partial charge in [-0.1, -0.05) is 6.07 Å². The number of primary amides is 1. The van der Waals surface area contributed by atoms with E-state index in [-0.39, 0.29) is 5.91 Å². The van der Waals surface area contributed by atoms with Crippen molar-refractivity contribution in [3.63, 3.8) is 0 Å². The first-order valence-electron chi connectivity index (χ1n) is 6.44. The molecule has 0 bridgehead atoms. The van der Waals surface area contributed by atoms with Gasteiger partial charge < -0.3 is 10.3 Å². The number of nitrogens with zero attached hydrogens (tertiary/aromatic N) is 1. The molecule has 0 saturated heterocycles. The number of hydrogen-bond acceptors (Lipinski definition) is 2. The molecule has 0 radical (unpaired) electrons. The molecule has 102 valence electrons. The van der Waals surface area contributed by atoms with E-state index < -0.39 is 0 Å². The molecule has 0 aliphatic carbocycles. The topological polar surface area (TPSA) is 48.0 Å². The maximum Gasteiger partial charge on any atom is 0.250 e. The minimum absolute atomic E-state index is 0.352. The standard InChI is InChI=1S/C16H16N2OS/c1-9-10(2)20-15(14(9)16(17)19)12-4-5-13-11(8-12)6-7-18(13)3/h4-8H,1-3H3,(H2,17,19). The van der Waals surface area contributed by atoms with Crippen molar-refractivity contribution in [1.82, 2.24) is 4.57 Å². The van der Waals surface area contributed by atoms with Gasteiger partial charge in [0.1, 0.15) is 0 Å². The molecule has 3 nitrogen and oxygen atoms in total. The number of amides is 1. The molecular formula is C16H16N2OS. The molecule has 0 saturated carbocycles. The van der Waals surface area contributed by atoms with E-state index in [9.17, 15) is 4.79 Å². The van der Waals surface area contributed by atoms with E-state index in [2.05, 4.69) is 28.8 Å². The number of aryl methyl sites for hydroxylation is 2. The van der Waals surface area contributed by atoms with Gasteiger partial charge in [-0.05, 0) is 43.2 Å². The zero-order valence-electron chi connectivity index (χ0n) is 11.7. The average Bonchev–Trinajstić information content (AvgIpc) is 2.91. The summed E-state index contributed by atoms with van der Waals surface area (Å²) >= 11 is 1.63. The maximum absolute atomic E-state index is 11.7. The summed E-state index contributed by atoms with van der Waals surface area (Å²) in [5.74, 6) is -0.352. The minimum atomic E-state index is -0.352. The Kier molecular flexibility index (Phi) is 2.91. The lowest BCUT2D eigenvalue weighted by Crippen LogP contribution is -2.12.